The summed E-state index contributed by atoms with van der Waals surface area (Å²) in [6.45, 7) is 4.42. The van der Waals surface area contributed by atoms with Crippen LogP contribution in [0.5, 0.6) is 5.75 Å². The first-order chi connectivity index (χ1) is 10.1. The van der Waals surface area contributed by atoms with E-state index in [4.69, 9.17) is 4.74 Å². The number of methoxy groups -OCH3 is 1. The molecule has 0 bridgehead atoms. The van der Waals surface area contributed by atoms with Gasteiger partial charge in [0.05, 0.1) is 13.2 Å². The monoisotopic (exact) mass is 347 g/mol. The van der Waals surface area contributed by atoms with E-state index in [1.54, 1.807) is 7.11 Å². The number of hydrogen-bond donors (Lipinski definition) is 1. The summed E-state index contributed by atoms with van der Waals surface area (Å²) < 4.78 is 6.54. The molecule has 0 radical (unpaired) electrons. The van der Waals surface area contributed by atoms with Crippen molar-refractivity contribution in [1.29, 1.82) is 0 Å². The van der Waals surface area contributed by atoms with Gasteiger partial charge in [-0.1, -0.05) is 60.1 Å². The van der Waals surface area contributed by atoms with Crippen molar-refractivity contribution >= 4 is 15.9 Å². The molecule has 0 aliphatic rings. The summed E-state index contributed by atoms with van der Waals surface area (Å²) >= 11 is 3.49. The minimum Gasteiger partial charge on any atom is -0.496 e. The SMILES string of the molecule is CNC(c1ccc(C(C)C)cc1)c1ccc(Br)cc1OC. The van der Waals surface area contributed by atoms with E-state index in [1.165, 1.54) is 11.1 Å². The first kappa shape index (κ1) is 16.1. The molecule has 2 aromatic rings. The summed E-state index contributed by atoms with van der Waals surface area (Å²) in [6, 6.07) is 15.1. The Balaban J connectivity index is 2.39. The van der Waals surface area contributed by atoms with Crippen LogP contribution >= 0.6 is 15.9 Å². The van der Waals surface area contributed by atoms with Gasteiger partial charge in [-0.3, -0.25) is 0 Å². The third-order valence-electron chi connectivity index (χ3n) is 3.73. The molecule has 2 rings (SSSR count). The molecule has 2 nitrogen and oxygen atoms in total. The molecule has 0 amide bonds. The average Bonchev–Trinajstić information content (AvgIpc) is 2.49. The molecule has 0 aromatic heterocycles. The van der Waals surface area contributed by atoms with Gasteiger partial charge in [0.1, 0.15) is 5.75 Å². The highest BCUT2D eigenvalue weighted by Gasteiger charge is 2.17. The molecule has 21 heavy (non-hydrogen) atoms. The van der Waals surface area contributed by atoms with E-state index in [0.29, 0.717) is 5.92 Å². The summed E-state index contributed by atoms with van der Waals surface area (Å²) in [7, 11) is 3.68. The highest BCUT2D eigenvalue weighted by molar-refractivity contribution is 9.10. The van der Waals surface area contributed by atoms with E-state index < -0.39 is 0 Å². The molecule has 0 spiro atoms. The van der Waals surface area contributed by atoms with Crippen LogP contribution in [0.2, 0.25) is 0 Å². The summed E-state index contributed by atoms with van der Waals surface area (Å²) in [5, 5.41) is 3.38. The fraction of sp³-hybridized carbons (Fsp3) is 0.333. The van der Waals surface area contributed by atoms with Gasteiger partial charge in [0.25, 0.3) is 0 Å². The smallest absolute Gasteiger partial charge is 0.125 e. The van der Waals surface area contributed by atoms with Gasteiger partial charge in [0, 0.05) is 10.0 Å². The molecule has 112 valence electrons. The quantitative estimate of drug-likeness (QED) is 0.831. The Kier molecular flexibility index (Phi) is 5.43. The van der Waals surface area contributed by atoms with Crippen molar-refractivity contribution in [2.45, 2.75) is 25.8 Å². The van der Waals surface area contributed by atoms with E-state index in [2.05, 4.69) is 65.4 Å². The number of nitrogens with one attached hydrogen (secondary N) is 1. The lowest BCUT2D eigenvalue weighted by Crippen LogP contribution is -2.18. The zero-order chi connectivity index (χ0) is 15.4. The number of halogens is 1. The van der Waals surface area contributed by atoms with Gasteiger partial charge in [-0.25, -0.2) is 0 Å². The van der Waals surface area contributed by atoms with Crippen LogP contribution in [0.1, 0.15) is 42.5 Å². The number of hydrogen-bond acceptors (Lipinski definition) is 2. The first-order valence-corrected chi connectivity index (χ1v) is 7.96. The van der Waals surface area contributed by atoms with Gasteiger partial charge in [0.15, 0.2) is 0 Å². The number of benzene rings is 2. The standard InChI is InChI=1S/C18H22BrNO/c1-12(2)13-5-7-14(8-6-13)18(20-3)16-10-9-15(19)11-17(16)21-4/h5-12,18,20H,1-4H3. The molecule has 1 unspecified atom stereocenters. The molecule has 0 saturated heterocycles. The summed E-state index contributed by atoms with van der Waals surface area (Å²) in [5.41, 5.74) is 3.74. The maximum Gasteiger partial charge on any atom is 0.125 e. The largest absolute Gasteiger partial charge is 0.496 e. The van der Waals surface area contributed by atoms with E-state index in [0.717, 1.165) is 15.8 Å². The van der Waals surface area contributed by atoms with E-state index in [-0.39, 0.29) is 6.04 Å². The van der Waals surface area contributed by atoms with Crippen LogP contribution in [0.25, 0.3) is 0 Å². The Morgan fingerprint density at radius 2 is 1.62 bits per heavy atom. The highest BCUT2D eigenvalue weighted by Crippen LogP contribution is 2.32. The molecule has 2 aromatic carbocycles. The van der Waals surface area contributed by atoms with Gasteiger partial charge in [-0.15, -0.1) is 0 Å². The van der Waals surface area contributed by atoms with E-state index >= 15 is 0 Å². The zero-order valence-corrected chi connectivity index (χ0v) is 14.6. The van der Waals surface area contributed by atoms with Crippen LogP contribution in [0.4, 0.5) is 0 Å². The Morgan fingerprint density at radius 1 is 1.00 bits per heavy atom. The van der Waals surface area contributed by atoms with Gasteiger partial charge in [0.2, 0.25) is 0 Å². The van der Waals surface area contributed by atoms with Crippen LogP contribution < -0.4 is 10.1 Å². The maximum absolute atomic E-state index is 5.52. The molecule has 1 N–H and O–H groups in total. The summed E-state index contributed by atoms with van der Waals surface area (Å²) in [4.78, 5) is 0. The van der Waals surface area contributed by atoms with Gasteiger partial charge < -0.3 is 10.1 Å². The van der Waals surface area contributed by atoms with Crippen LogP contribution in [-0.2, 0) is 0 Å². The zero-order valence-electron chi connectivity index (χ0n) is 13.0. The predicted octanol–water partition coefficient (Wildman–Crippen LogP) is 4.89. The molecular formula is C18H22BrNO. The summed E-state index contributed by atoms with van der Waals surface area (Å²) in [6.07, 6.45) is 0. The Hall–Kier alpha value is -1.32. The van der Waals surface area contributed by atoms with E-state index in [1.807, 2.05) is 19.2 Å². The molecular weight excluding hydrogens is 326 g/mol. The minimum absolute atomic E-state index is 0.120. The average molecular weight is 348 g/mol. The minimum atomic E-state index is 0.120. The lowest BCUT2D eigenvalue weighted by Gasteiger charge is -2.20. The van der Waals surface area contributed by atoms with Gasteiger partial charge in [-0.05, 0) is 36.2 Å². The molecule has 0 aliphatic carbocycles. The Morgan fingerprint density at radius 3 is 2.14 bits per heavy atom. The topological polar surface area (TPSA) is 21.3 Å². The van der Waals surface area contributed by atoms with Crippen molar-refractivity contribution in [3.05, 3.63) is 63.6 Å². The predicted molar refractivity (Wildman–Crippen MR) is 92.1 cm³/mol. The lowest BCUT2D eigenvalue weighted by molar-refractivity contribution is 0.405. The molecule has 0 saturated carbocycles. The molecule has 0 fully saturated rings. The number of ether oxygens (including phenoxy) is 1. The van der Waals surface area contributed by atoms with Crippen molar-refractivity contribution in [2.24, 2.45) is 0 Å². The second-order valence-corrected chi connectivity index (χ2v) is 6.35. The fourth-order valence-corrected chi connectivity index (χ4v) is 2.84. The second kappa shape index (κ2) is 7.10. The third kappa shape index (κ3) is 3.66. The lowest BCUT2D eigenvalue weighted by atomic mass is 9.95. The molecule has 0 heterocycles. The fourth-order valence-electron chi connectivity index (χ4n) is 2.50. The van der Waals surface area contributed by atoms with Gasteiger partial charge >= 0.3 is 0 Å². The van der Waals surface area contributed by atoms with Crippen molar-refractivity contribution in [1.82, 2.24) is 5.32 Å². The molecule has 1 atom stereocenters. The first-order valence-electron chi connectivity index (χ1n) is 7.17. The van der Waals surface area contributed by atoms with E-state index in [9.17, 15) is 0 Å². The third-order valence-corrected chi connectivity index (χ3v) is 4.22. The van der Waals surface area contributed by atoms with Crippen molar-refractivity contribution in [3.8, 4) is 5.75 Å². The maximum atomic E-state index is 5.52. The van der Waals surface area contributed by atoms with Crippen LogP contribution in [0.15, 0.2) is 46.9 Å². The Bertz CT molecular complexity index is 593. The molecule has 0 aliphatic heterocycles. The van der Waals surface area contributed by atoms with Crippen molar-refractivity contribution in [2.75, 3.05) is 14.2 Å². The Labute approximate surface area is 135 Å². The normalized spacial score (nSPS) is 12.5. The van der Waals surface area contributed by atoms with Crippen LogP contribution in [0.3, 0.4) is 0 Å². The van der Waals surface area contributed by atoms with Crippen molar-refractivity contribution in [3.63, 3.8) is 0 Å². The van der Waals surface area contributed by atoms with Gasteiger partial charge in [-0.2, -0.15) is 0 Å². The van der Waals surface area contributed by atoms with Crippen molar-refractivity contribution < 1.29 is 4.74 Å². The number of rotatable bonds is 5. The van der Waals surface area contributed by atoms with Crippen LogP contribution in [0, 0.1) is 0 Å². The second-order valence-electron chi connectivity index (χ2n) is 5.43. The summed E-state index contributed by atoms with van der Waals surface area (Å²) in [5.74, 6) is 1.44. The highest BCUT2D eigenvalue weighted by atomic mass is 79.9. The molecule has 3 heteroatoms. The van der Waals surface area contributed by atoms with Crippen LogP contribution in [-0.4, -0.2) is 14.2 Å².